The number of rotatable bonds is 7. The largest absolute Gasteiger partial charge is 0.480 e. The van der Waals surface area contributed by atoms with E-state index in [0.717, 1.165) is 12.1 Å². The standard InChI is InChI=1S/C12H13F2NO4/c13-9-2-1-3-10(14)8(9)6-11(16)15-4-5-19-7-12(17)18/h1-3H,4-7H2,(H,15,16)(H,17,18). The Balaban J connectivity index is 2.33. The van der Waals surface area contributed by atoms with E-state index < -0.39 is 36.5 Å². The molecule has 0 saturated carbocycles. The Morgan fingerprint density at radius 1 is 1.26 bits per heavy atom. The number of amides is 1. The van der Waals surface area contributed by atoms with Crippen LogP contribution in [0.5, 0.6) is 0 Å². The first-order valence-corrected chi connectivity index (χ1v) is 5.50. The highest BCUT2D eigenvalue weighted by Crippen LogP contribution is 2.12. The Kier molecular flexibility index (Phi) is 5.87. The molecule has 1 rings (SSSR count). The van der Waals surface area contributed by atoms with Crippen LogP contribution in [0.1, 0.15) is 5.56 Å². The number of aliphatic carboxylic acids is 1. The van der Waals surface area contributed by atoms with Crippen LogP contribution in [0.2, 0.25) is 0 Å². The van der Waals surface area contributed by atoms with Crippen molar-refractivity contribution in [2.75, 3.05) is 19.8 Å². The van der Waals surface area contributed by atoms with Gasteiger partial charge in [0.1, 0.15) is 18.2 Å². The van der Waals surface area contributed by atoms with Gasteiger partial charge in [0.25, 0.3) is 0 Å². The zero-order chi connectivity index (χ0) is 14.3. The molecule has 0 saturated heterocycles. The van der Waals surface area contributed by atoms with E-state index in [1.807, 2.05) is 0 Å². The molecule has 104 valence electrons. The molecule has 0 aromatic heterocycles. The summed E-state index contributed by atoms with van der Waals surface area (Å²) in [6, 6.07) is 3.36. The van der Waals surface area contributed by atoms with E-state index in [-0.39, 0.29) is 18.7 Å². The predicted octanol–water partition coefficient (Wildman–Crippen LogP) is 0.725. The molecular weight excluding hydrogens is 260 g/mol. The Morgan fingerprint density at radius 2 is 1.89 bits per heavy atom. The van der Waals surface area contributed by atoms with Gasteiger partial charge >= 0.3 is 5.97 Å². The zero-order valence-corrected chi connectivity index (χ0v) is 9.99. The molecule has 2 N–H and O–H groups in total. The Labute approximate surface area is 108 Å². The molecule has 1 amide bonds. The molecule has 0 spiro atoms. The Hall–Kier alpha value is -2.02. The maximum absolute atomic E-state index is 13.2. The van der Waals surface area contributed by atoms with Gasteiger partial charge in [0.2, 0.25) is 5.91 Å². The molecule has 0 atom stereocenters. The third kappa shape index (κ3) is 5.43. The van der Waals surface area contributed by atoms with Gasteiger partial charge in [-0.25, -0.2) is 13.6 Å². The van der Waals surface area contributed by atoms with Crippen molar-refractivity contribution in [3.8, 4) is 0 Å². The number of carboxylic acid groups (broad SMARTS) is 1. The first kappa shape index (κ1) is 15.0. The molecule has 0 radical (unpaired) electrons. The summed E-state index contributed by atoms with van der Waals surface area (Å²) in [5.74, 6) is -3.24. The molecule has 1 aromatic rings. The van der Waals surface area contributed by atoms with Gasteiger partial charge in [0.05, 0.1) is 13.0 Å². The summed E-state index contributed by atoms with van der Waals surface area (Å²) in [6.45, 7) is -0.377. The van der Waals surface area contributed by atoms with Crippen LogP contribution in [-0.2, 0) is 20.7 Å². The number of benzene rings is 1. The molecule has 0 bridgehead atoms. The van der Waals surface area contributed by atoms with Crippen molar-refractivity contribution in [2.24, 2.45) is 0 Å². The summed E-state index contributed by atoms with van der Waals surface area (Å²) < 4.78 is 31.1. The average molecular weight is 273 g/mol. The van der Waals surface area contributed by atoms with Gasteiger partial charge in [-0.1, -0.05) is 6.07 Å². The van der Waals surface area contributed by atoms with E-state index in [1.54, 1.807) is 0 Å². The smallest absolute Gasteiger partial charge is 0.329 e. The van der Waals surface area contributed by atoms with E-state index in [2.05, 4.69) is 10.1 Å². The number of carbonyl (C=O) groups excluding carboxylic acids is 1. The fourth-order valence-corrected chi connectivity index (χ4v) is 1.35. The second-order valence-electron chi connectivity index (χ2n) is 3.67. The lowest BCUT2D eigenvalue weighted by Crippen LogP contribution is -2.29. The van der Waals surface area contributed by atoms with Gasteiger partial charge < -0.3 is 15.2 Å². The number of ether oxygens (including phenoxy) is 1. The van der Waals surface area contributed by atoms with Crippen LogP contribution in [0.4, 0.5) is 8.78 Å². The van der Waals surface area contributed by atoms with Crippen LogP contribution in [0.15, 0.2) is 18.2 Å². The van der Waals surface area contributed by atoms with Crippen LogP contribution in [0, 0.1) is 11.6 Å². The van der Waals surface area contributed by atoms with E-state index >= 15 is 0 Å². The number of halogens is 2. The molecule has 0 heterocycles. The highest BCUT2D eigenvalue weighted by atomic mass is 19.1. The molecule has 0 aliphatic rings. The Bertz CT molecular complexity index is 445. The van der Waals surface area contributed by atoms with Gasteiger partial charge in [0, 0.05) is 12.1 Å². The zero-order valence-electron chi connectivity index (χ0n) is 9.99. The Morgan fingerprint density at radius 3 is 2.47 bits per heavy atom. The van der Waals surface area contributed by atoms with Gasteiger partial charge in [0.15, 0.2) is 0 Å². The first-order chi connectivity index (χ1) is 9.00. The summed E-state index contributed by atoms with van der Waals surface area (Å²) in [6.07, 6.45) is -0.419. The third-order valence-electron chi connectivity index (χ3n) is 2.19. The third-order valence-corrected chi connectivity index (χ3v) is 2.19. The van der Waals surface area contributed by atoms with Crippen molar-refractivity contribution in [3.63, 3.8) is 0 Å². The van der Waals surface area contributed by atoms with Gasteiger partial charge in [-0.2, -0.15) is 0 Å². The van der Waals surface area contributed by atoms with Crippen molar-refractivity contribution in [2.45, 2.75) is 6.42 Å². The number of carbonyl (C=O) groups is 2. The molecular formula is C12H13F2NO4. The van der Waals surface area contributed by atoms with Crippen LogP contribution < -0.4 is 5.32 Å². The van der Waals surface area contributed by atoms with E-state index in [9.17, 15) is 18.4 Å². The van der Waals surface area contributed by atoms with Gasteiger partial charge in [-0.05, 0) is 12.1 Å². The van der Waals surface area contributed by atoms with Crippen LogP contribution in [0.3, 0.4) is 0 Å². The second kappa shape index (κ2) is 7.42. The molecule has 19 heavy (non-hydrogen) atoms. The molecule has 7 heteroatoms. The number of carboxylic acids is 1. The highest BCUT2D eigenvalue weighted by Gasteiger charge is 2.12. The molecule has 0 aliphatic carbocycles. The topological polar surface area (TPSA) is 75.6 Å². The maximum Gasteiger partial charge on any atom is 0.329 e. The SMILES string of the molecule is O=C(O)COCCNC(=O)Cc1c(F)cccc1F. The quantitative estimate of drug-likeness (QED) is 0.718. The van der Waals surface area contributed by atoms with Gasteiger partial charge in [-0.3, -0.25) is 4.79 Å². The summed E-state index contributed by atoms with van der Waals surface area (Å²) >= 11 is 0. The minimum Gasteiger partial charge on any atom is -0.480 e. The number of nitrogens with one attached hydrogen (secondary N) is 1. The molecule has 0 aliphatic heterocycles. The minimum absolute atomic E-state index is 0.0117. The minimum atomic E-state index is -1.11. The summed E-state index contributed by atoms with van der Waals surface area (Å²) in [5, 5.41) is 10.7. The summed E-state index contributed by atoms with van der Waals surface area (Å²) in [5.41, 5.74) is -0.300. The average Bonchev–Trinajstić information content (AvgIpc) is 2.33. The molecule has 0 unspecified atom stereocenters. The van der Waals surface area contributed by atoms with Crippen LogP contribution >= 0.6 is 0 Å². The lowest BCUT2D eigenvalue weighted by molar-refractivity contribution is -0.142. The highest BCUT2D eigenvalue weighted by molar-refractivity contribution is 5.78. The van der Waals surface area contributed by atoms with Crippen molar-refractivity contribution < 1.29 is 28.2 Å². The molecule has 0 fully saturated rings. The van der Waals surface area contributed by atoms with E-state index in [4.69, 9.17) is 5.11 Å². The van der Waals surface area contributed by atoms with Crippen molar-refractivity contribution in [1.82, 2.24) is 5.32 Å². The van der Waals surface area contributed by atoms with Crippen molar-refractivity contribution >= 4 is 11.9 Å². The van der Waals surface area contributed by atoms with Crippen LogP contribution in [-0.4, -0.2) is 36.7 Å². The molecule has 1 aromatic carbocycles. The predicted molar refractivity (Wildman–Crippen MR) is 61.5 cm³/mol. The van der Waals surface area contributed by atoms with E-state index in [0.29, 0.717) is 0 Å². The maximum atomic E-state index is 13.2. The summed E-state index contributed by atoms with van der Waals surface area (Å²) in [7, 11) is 0. The monoisotopic (exact) mass is 273 g/mol. The first-order valence-electron chi connectivity index (χ1n) is 5.50. The second-order valence-corrected chi connectivity index (χ2v) is 3.67. The number of hydrogen-bond donors (Lipinski definition) is 2. The number of hydrogen-bond acceptors (Lipinski definition) is 3. The normalized spacial score (nSPS) is 10.2. The van der Waals surface area contributed by atoms with Crippen LogP contribution in [0.25, 0.3) is 0 Å². The lowest BCUT2D eigenvalue weighted by atomic mass is 10.1. The summed E-state index contributed by atoms with van der Waals surface area (Å²) in [4.78, 5) is 21.5. The van der Waals surface area contributed by atoms with Crippen molar-refractivity contribution in [1.29, 1.82) is 0 Å². The van der Waals surface area contributed by atoms with E-state index in [1.165, 1.54) is 6.07 Å². The fourth-order valence-electron chi connectivity index (χ4n) is 1.35. The lowest BCUT2D eigenvalue weighted by Gasteiger charge is -2.07. The molecule has 5 nitrogen and oxygen atoms in total. The van der Waals surface area contributed by atoms with Crippen molar-refractivity contribution in [3.05, 3.63) is 35.4 Å². The fraction of sp³-hybridized carbons (Fsp3) is 0.333. The van der Waals surface area contributed by atoms with Gasteiger partial charge in [-0.15, -0.1) is 0 Å².